The smallest absolute Gasteiger partial charge is 0.0682 e. The minimum absolute atomic E-state index is 0.108. The number of aliphatic hydroxyl groups excluding tert-OH is 1. The number of rotatable bonds is 6. The van der Waals surface area contributed by atoms with Crippen LogP contribution in [0.25, 0.3) is 0 Å². The van der Waals surface area contributed by atoms with Crippen molar-refractivity contribution in [2.45, 2.75) is 123 Å². The van der Waals surface area contributed by atoms with Crippen LogP contribution in [0.5, 0.6) is 0 Å². The molecule has 0 radical (unpaired) electrons. The molecule has 0 saturated heterocycles. The Hall–Kier alpha value is -0.340. The van der Waals surface area contributed by atoms with E-state index in [2.05, 4.69) is 40.7 Å². The fraction of sp³-hybridized carbons (Fsp3) is 0.929. The Kier molecular flexibility index (Phi) is 6.26. The average Bonchev–Trinajstić information content (AvgIpc) is 3.09. The lowest BCUT2D eigenvalue weighted by Crippen LogP contribution is -2.52. The van der Waals surface area contributed by atoms with Crippen LogP contribution in [0.4, 0.5) is 0 Å². The maximum Gasteiger partial charge on any atom is 0.0682 e. The van der Waals surface area contributed by atoms with Crippen molar-refractivity contribution in [1.82, 2.24) is 0 Å². The van der Waals surface area contributed by atoms with Gasteiger partial charge >= 0.3 is 0 Å². The van der Waals surface area contributed by atoms with E-state index in [9.17, 15) is 10.2 Å². The minimum atomic E-state index is -0.446. The Balaban J connectivity index is 1.51. The van der Waals surface area contributed by atoms with E-state index in [-0.39, 0.29) is 6.10 Å². The van der Waals surface area contributed by atoms with Gasteiger partial charge in [0.25, 0.3) is 0 Å². The predicted molar refractivity (Wildman–Crippen MR) is 125 cm³/mol. The molecule has 0 amide bonds. The zero-order valence-electron chi connectivity index (χ0n) is 20.4. The first-order valence-corrected chi connectivity index (χ1v) is 13.3. The fourth-order valence-corrected chi connectivity index (χ4v) is 8.85. The molecule has 2 nitrogen and oxygen atoms in total. The van der Waals surface area contributed by atoms with Gasteiger partial charge in [-0.15, -0.1) is 0 Å². The fourth-order valence-electron chi connectivity index (χ4n) is 8.85. The third kappa shape index (κ3) is 3.62. The van der Waals surface area contributed by atoms with Gasteiger partial charge in [-0.05, 0) is 117 Å². The topological polar surface area (TPSA) is 40.5 Å². The maximum atomic E-state index is 11.0. The van der Waals surface area contributed by atoms with E-state index in [1.807, 2.05) is 0 Å². The highest BCUT2D eigenvalue weighted by Gasteiger charge is 2.59. The van der Waals surface area contributed by atoms with Crippen molar-refractivity contribution in [2.75, 3.05) is 0 Å². The SMILES string of the molecule is CCC(O)CC[C@@H](C)[C@H]1CC[C@H]2[C@@H]3CC=C4C[C@](O)(CC)CC[C@]4(C)[C@H]3CC[C@]12C. The standard InChI is InChI=1S/C28H48O2/c1-6-21(29)10-8-19(3)23-12-13-24-22-11-9-20-18-28(30,7-2)17-16-26(20,4)25(22)14-15-27(23,24)5/h9,19,21-25,29-30H,6-8,10-18H2,1-5H3/t19-,21?,22+,23-,24+,25+,26+,27-,28+/m1/s1. The van der Waals surface area contributed by atoms with Gasteiger partial charge in [-0.25, -0.2) is 0 Å². The van der Waals surface area contributed by atoms with Crippen molar-refractivity contribution in [1.29, 1.82) is 0 Å². The summed E-state index contributed by atoms with van der Waals surface area (Å²) in [6, 6.07) is 0. The zero-order chi connectivity index (χ0) is 21.7. The van der Waals surface area contributed by atoms with E-state index in [1.165, 1.54) is 44.9 Å². The summed E-state index contributed by atoms with van der Waals surface area (Å²) < 4.78 is 0. The summed E-state index contributed by atoms with van der Waals surface area (Å²) in [5.41, 5.74) is 1.98. The zero-order valence-corrected chi connectivity index (χ0v) is 20.4. The van der Waals surface area contributed by atoms with Gasteiger partial charge in [-0.2, -0.15) is 0 Å². The molecule has 0 aromatic carbocycles. The van der Waals surface area contributed by atoms with Crippen molar-refractivity contribution < 1.29 is 10.2 Å². The molecule has 9 atom stereocenters. The van der Waals surface area contributed by atoms with Crippen molar-refractivity contribution >= 4 is 0 Å². The van der Waals surface area contributed by atoms with Crippen LogP contribution < -0.4 is 0 Å². The van der Waals surface area contributed by atoms with Crippen LogP contribution in [0.1, 0.15) is 112 Å². The summed E-state index contributed by atoms with van der Waals surface area (Å²) in [6.45, 7) is 11.9. The van der Waals surface area contributed by atoms with Gasteiger partial charge in [0.1, 0.15) is 0 Å². The third-order valence-corrected chi connectivity index (χ3v) is 11.1. The van der Waals surface area contributed by atoms with Crippen molar-refractivity contribution in [3.63, 3.8) is 0 Å². The second kappa shape index (κ2) is 8.22. The van der Waals surface area contributed by atoms with E-state index in [4.69, 9.17) is 0 Å². The van der Waals surface area contributed by atoms with Gasteiger partial charge in [-0.3, -0.25) is 0 Å². The van der Waals surface area contributed by atoms with E-state index in [0.29, 0.717) is 10.8 Å². The molecule has 0 aliphatic heterocycles. The lowest BCUT2D eigenvalue weighted by molar-refractivity contribution is -0.0757. The summed E-state index contributed by atoms with van der Waals surface area (Å²) in [5, 5.41) is 21.0. The molecule has 1 unspecified atom stereocenters. The van der Waals surface area contributed by atoms with Crippen LogP contribution in [-0.4, -0.2) is 21.9 Å². The number of fused-ring (bicyclic) bond motifs is 5. The quantitative estimate of drug-likeness (QED) is 0.463. The van der Waals surface area contributed by atoms with Crippen LogP contribution in [0.2, 0.25) is 0 Å². The third-order valence-electron chi connectivity index (χ3n) is 11.1. The summed E-state index contributed by atoms with van der Waals surface area (Å²) in [4.78, 5) is 0. The Bertz CT molecular complexity index is 655. The van der Waals surface area contributed by atoms with Crippen LogP contribution in [0.3, 0.4) is 0 Å². The molecule has 0 bridgehead atoms. The van der Waals surface area contributed by atoms with Crippen molar-refractivity contribution in [2.24, 2.45) is 40.4 Å². The molecule has 0 aromatic heterocycles. The summed E-state index contributed by atoms with van der Waals surface area (Å²) >= 11 is 0. The summed E-state index contributed by atoms with van der Waals surface area (Å²) in [5.74, 6) is 4.12. The van der Waals surface area contributed by atoms with Gasteiger partial charge in [0.2, 0.25) is 0 Å². The summed E-state index contributed by atoms with van der Waals surface area (Å²) in [7, 11) is 0. The normalized spacial score (nSPS) is 47.6. The molecule has 3 saturated carbocycles. The molecule has 4 rings (SSSR count). The van der Waals surface area contributed by atoms with Crippen LogP contribution in [0.15, 0.2) is 11.6 Å². The van der Waals surface area contributed by atoms with Gasteiger partial charge in [0.05, 0.1) is 11.7 Å². The summed E-state index contributed by atoms with van der Waals surface area (Å²) in [6.07, 6.45) is 16.4. The van der Waals surface area contributed by atoms with Gasteiger partial charge in [0, 0.05) is 0 Å². The van der Waals surface area contributed by atoms with Crippen molar-refractivity contribution in [3.8, 4) is 0 Å². The molecular formula is C28H48O2. The first-order chi connectivity index (χ1) is 14.2. The lowest BCUT2D eigenvalue weighted by Gasteiger charge is -2.59. The Morgan fingerprint density at radius 1 is 1.03 bits per heavy atom. The second-order valence-electron chi connectivity index (χ2n) is 12.4. The van der Waals surface area contributed by atoms with Crippen LogP contribution in [-0.2, 0) is 0 Å². The predicted octanol–water partition coefficient (Wildman–Crippen LogP) is 6.89. The molecule has 172 valence electrons. The highest BCUT2D eigenvalue weighted by molar-refractivity contribution is 5.27. The highest BCUT2D eigenvalue weighted by atomic mass is 16.3. The lowest BCUT2D eigenvalue weighted by atomic mass is 9.46. The van der Waals surface area contributed by atoms with Gasteiger partial charge < -0.3 is 10.2 Å². The number of hydrogen-bond acceptors (Lipinski definition) is 2. The molecule has 0 heterocycles. The van der Waals surface area contributed by atoms with Gasteiger partial charge in [0.15, 0.2) is 0 Å². The van der Waals surface area contributed by atoms with E-state index < -0.39 is 5.60 Å². The Morgan fingerprint density at radius 3 is 2.50 bits per heavy atom. The number of hydrogen-bond donors (Lipinski definition) is 2. The highest BCUT2D eigenvalue weighted by Crippen LogP contribution is 2.67. The monoisotopic (exact) mass is 416 g/mol. The first kappa shape index (κ1) is 22.8. The molecule has 3 fully saturated rings. The molecule has 2 N–H and O–H groups in total. The van der Waals surface area contributed by atoms with E-state index in [1.54, 1.807) is 5.57 Å². The molecular weight excluding hydrogens is 368 g/mol. The first-order valence-electron chi connectivity index (χ1n) is 13.3. The van der Waals surface area contributed by atoms with E-state index >= 15 is 0 Å². The average molecular weight is 417 g/mol. The number of aliphatic hydroxyl groups is 2. The Labute approximate surface area is 185 Å². The molecule has 4 aliphatic rings. The minimum Gasteiger partial charge on any atom is -0.393 e. The maximum absolute atomic E-state index is 11.0. The van der Waals surface area contributed by atoms with Crippen molar-refractivity contribution in [3.05, 3.63) is 11.6 Å². The van der Waals surface area contributed by atoms with E-state index in [0.717, 1.165) is 61.7 Å². The second-order valence-corrected chi connectivity index (χ2v) is 12.4. The molecule has 30 heavy (non-hydrogen) atoms. The van der Waals surface area contributed by atoms with Crippen LogP contribution in [0, 0.1) is 40.4 Å². The molecule has 4 aliphatic carbocycles. The van der Waals surface area contributed by atoms with Gasteiger partial charge in [-0.1, -0.05) is 46.3 Å². The number of allylic oxidation sites excluding steroid dienone is 1. The Morgan fingerprint density at radius 2 is 1.80 bits per heavy atom. The molecule has 2 heteroatoms. The molecule has 0 spiro atoms. The largest absolute Gasteiger partial charge is 0.393 e. The van der Waals surface area contributed by atoms with Crippen LogP contribution >= 0.6 is 0 Å². The molecule has 0 aromatic rings.